The molecule has 1 unspecified atom stereocenters. The summed E-state index contributed by atoms with van der Waals surface area (Å²) in [4.78, 5) is 11.7. The minimum atomic E-state index is 0.328. The summed E-state index contributed by atoms with van der Waals surface area (Å²) in [5.41, 5.74) is 2.37. The van der Waals surface area contributed by atoms with Crippen molar-refractivity contribution in [2.24, 2.45) is 0 Å². The molecule has 16 heavy (non-hydrogen) atoms. The number of aryl methyl sites for hydroxylation is 1. The van der Waals surface area contributed by atoms with Crippen LogP contribution in [0.5, 0.6) is 0 Å². The fraction of sp³-hybridized carbons (Fsp3) is 0.500. The lowest BCUT2D eigenvalue weighted by molar-refractivity contribution is -0.116. The normalized spacial score (nSPS) is 12.4. The van der Waals surface area contributed by atoms with Crippen LogP contribution in [-0.4, -0.2) is 16.8 Å². The molecule has 1 aromatic rings. The van der Waals surface area contributed by atoms with Crippen LogP contribution in [0.15, 0.2) is 24.3 Å². The molecule has 1 rings (SSSR count). The van der Waals surface area contributed by atoms with E-state index in [9.17, 15) is 4.79 Å². The summed E-state index contributed by atoms with van der Waals surface area (Å²) in [6.07, 6.45) is 1.70. The fourth-order valence-electron chi connectivity index (χ4n) is 1.34. The van der Waals surface area contributed by atoms with Gasteiger partial charge in [0.05, 0.1) is 5.75 Å². The van der Waals surface area contributed by atoms with Gasteiger partial charge in [-0.25, -0.2) is 0 Å². The first-order valence-electron chi connectivity index (χ1n) is 5.80. The predicted octanol–water partition coefficient (Wildman–Crippen LogP) is 3.64. The average molecular weight is 236 g/mol. The van der Waals surface area contributed by atoms with Gasteiger partial charge in [0.15, 0.2) is 0 Å². The van der Waals surface area contributed by atoms with Crippen molar-refractivity contribution in [2.75, 3.05) is 5.75 Å². The highest BCUT2D eigenvalue weighted by Crippen LogP contribution is 2.14. The van der Waals surface area contributed by atoms with Gasteiger partial charge in [0.1, 0.15) is 5.78 Å². The van der Waals surface area contributed by atoms with Gasteiger partial charge in [-0.3, -0.25) is 4.79 Å². The summed E-state index contributed by atoms with van der Waals surface area (Å²) in [6, 6.07) is 8.21. The zero-order valence-electron chi connectivity index (χ0n) is 10.3. The standard InChI is InChI=1S/C14H20OS/c1-4-12(3)16-10-14(15)9-13-7-5-11(2)6-8-13/h5-8,12H,4,9-10H2,1-3H3. The highest BCUT2D eigenvalue weighted by atomic mass is 32.2. The molecule has 88 valence electrons. The minimum absolute atomic E-state index is 0.328. The topological polar surface area (TPSA) is 17.1 Å². The van der Waals surface area contributed by atoms with E-state index in [0.717, 1.165) is 12.0 Å². The molecule has 0 amide bonds. The largest absolute Gasteiger partial charge is 0.298 e. The molecule has 0 bridgehead atoms. The lowest BCUT2D eigenvalue weighted by Crippen LogP contribution is -2.08. The molecule has 0 fully saturated rings. The first-order valence-corrected chi connectivity index (χ1v) is 6.85. The second-order valence-electron chi connectivity index (χ2n) is 4.23. The molecule has 2 heteroatoms. The third-order valence-corrected chi connectivity index (χ3v) is 4.02. The molecule has 0 radical (unpaired) electrons. The van der Waals surface area contributed by atoms with Crippen LogP contribution in [0.1, 0.15) is 31.4 Å². The van der Waals surface area contributed by atoms with Gasteiger partial charge in [0.25, 0.3) is 0 Å². The van der Waals surface area contributed by atoms with Gasteiger partial charge in [-0.15, -0.1) is 0 Å². The number of carbonyl (C=O) groups is 1. The van der Waals surface area contributed by atoms with Crippen molar-refractivity contribution in [3.63, 3.8) is 0 Å². The lowest BCUT2D eigenvalue weighted by Gasteiger charge is -2.07. The Labute approximate surface area is 103 Å². The Morgan fingerprint density at radius 2 is 1.94 bits per heavy atom. The van der Waals surface area contributed by atoms with Gasteiger partial charge in [0.2, 0.25) is 0 Å². The van der Waals surface area contributed by atoms with Crippen molar-refractivity contribution in [3.8, 4) is 0 Å². The van der Waals surface area contributed by atoms with E-state index in [1.165, 1.54) is 5.56 Å². The Morgan fingerprint density at radius 3 is 2.50 bits per heavy atom. The van der Waals surface area contributed by atoms with E-state index >= 15 is 0 Å². The van der Waals surface area contributed by atoms with E-state index in [1.807, 2.05) is 12.1 Å². The van der Waals surface area contributed by atoms with Gasteiger partial charge in [-0.05, 0) is 18.9 Å². The van der Waals surface area contributed by atoms with Crippen molar-refractivity contribution in [1.29, 1.82) is 0 Å². The zero-order valence-corrected chi connectivity index (χ0v) is 11.1. The Kier molecular flexibility index (Phi) is 5.61. The fourth-order valence-corrected chi connectivity index (χ4v) is 2.15. The monoisotopic (exact) mass is 236 g/mol. The molecule has 0 saturated heterocycles. The second kappa shape index (κ2) is 6.74. The highest BCUT2D eigenvalue weighted by Gasteiger charge is 2.06. The summed E-state index contributed by atoms with van der Waals surface area (Å²) < 4.78 is 0. The molecule has 0 spiro atoms. The van der Waals surface area contributed by atoms with Gasteiger partial charge >= 0.3 is 0 Å². The van der Waals surface area contributed by atoms with Gasteiger partial charge in [0, 0.05) is 11.7 Å². The number of carbonyl (C=O) groups excluding carboxylic acids is 1. The quantitative estimate of drug-likeness (QED) is 0.750. The smallest absolute Gasteiger partial charge is 0.147 e. The summed E-state index contributed by atoms with van der Waals surface area (Å²) in [5, 5.41) is 0.585. The van der Waals surface area contributed by atoms with Crippen LogP contribution in [0, 0.1) is 6.92 Å². The molecule has 1 atom stereocenters. The van der Waals surface area contributed by atoms with Crippen LogP contribution in [0.2, 0.25) is 0 Å². The summed E-state index contributed by atoms with van der Waals surface area (Å²) in [5.74, 6) is 0.970. The van der Waals surface area contributed by atoms with Crippen molar-refractivity contribution in [3.05, 3.63) is 35.4 Å². The van der Waals surface area contributed by atoms with Crippen LogP contribution in [0.4, 0.5) is 0 Å². The Hall–Kier alpha value is -0.760. The number of Topliss-reactive ketones (excluding diaryl/α,β-unsaturated/α-hetero) is 1. The molecular weight excluding hydrogens is 216 g/mol. The summed E-state index contributed by atoms with van der Waals surface area (Å²) in [6.45, 7) is 6.39. The molecule has 0 saturated carbocycles. The van der Waals surface area contributed by atoms with E-state index in [0.29, 0.717) is 23.2 Å². The highest BCUT2D eigenvalue weighted by molar-refractivity contribution is 8.00. The van der Waals surface area contributed by atoms with E-state index < -0.39 is 0 Å². The molecule has 0 aliphatic heterocycles. The maximum absolute atomic E-state index is 11.7. The van der Waals surface area contributed by atoms with Crippen molar-refractivity contribution in [1.82, 2.24) is 0 Å². The SMILES string of the molecule is CCC(C)SCC(=O)Cc1ccc(C)cc1. The molecule has 0 N–H and O–H groups in total. The minimum Gasteiger partial charge on any atom is -0.298 e. The van der Waals surface area contributed by atoms with E-state index in [4.69, 9.17) is 0 Å². The van der Waals surface area contributed by atoms with Crippen LogP contribution in [0.3, 0.4) is 0 Å². The van der Waals surface area contributed by atoms with Crippen LogP contribution < -0.4 is 0 Å². The number of hydrogen-bond acceptors (Lipinski definition) is 2. The number of ketones is 1. The maximum atomic E-state index is 11.7. The molecule has 0 aromatic heterocycles. The average Bonchev–Trinajstić information content (AvgIpc) is 2.29. The van der Waals surface area contributed by atoms with Crippen LogP contribution in [0.25, 0.3) is 0 Å². The first-order chi connectivity index (χ1) is 7.61. The van der Waals surface area contributed by atoms with E-state index in [2.05, 4.69) is 32.9 Å². The van der Waals surface area contributed by atoms with E-state index in [-0.39, 0.29) is 0 Å². The molecule has 0 aliphatic rings. The Bertz CT molecular complexity index is 329. The zero-order chi connectivity index (χ0) is 12.0. The third kappa shape index (κ3) is 4.84. The number of benzene rings is 1. The lowest BCUT2D eigenvalue weighted by atomic mass is 10.1. The Balaban J connectivity index is 2.37. The summed E-state index contributed by atoms with van der Waals surface area (Å²) >= 11 is 1.76. The van der Waals surface area contributed by atoms with Gasteiger partial charge in [-0.2, -0.15) is 11.8 Å². The number of hydrogen-bond donors (Lipinski definition) is 0. The Morgan fingerprint density at radius 1 is 1.31 bits per heavy atom. The molecule has 1 nitrogen and oxygen atoms in total. The molecule has 0 heterocycles. The van der Waals surface area contributed by atoms with Gasteiger partial charge in [-0.1, -0.05) is 43.7 Å². The second-order valence-corrected chi connectivity index (χ2v) is 5.66. The van der Waals surface area contributed by atoms with E-state index in [1.54, 1.807) is 11.8 Å². The van der Waals surface area contributed by atoms with Gasteiger partial charge < -0.3 is 0 Å². The van der Waals surface area contributed by atoms with Crippen molar-refractivity contribution < 1.29 is 4.79 Å². The first kappa shape index (κ1) is 13.3. The van der Waals surface area contributed by atoms with Crippen molar-refractivity contribution in [2.45, 2.75) is 38.9 Å². The molecule has 1 aromatic carbocycles. The summed E-state index contributed by atoms with van der Waals surface area (Å²) in [7, 11) is 0. The predicted molar refractivity (Wildman–Crippen MR) is 72.1 cm³/mol. The van der Waals surface area contributed by atoms with Crippen LogP contribution in [-0.2, 0) is 11.2 Å². The number of thioether (sulfide) groups is 1. The van der Waals surface area contributed by atoms with Crippen molar-refractivity contribution >= 4 is 17.5 Å². The molecular formula is C14H20OS. The maximum Gasteiger partial charge on any atom is 0.147 e. The third-order valence-electron chi connectivity index (χ3n) is 2.63. The number of rotatable bonds is 6. The van der Waals surface area contributed by atoms with Crippen LogP contribution >= 0.6 is 11.8 Å². The molecule has 0 aliphatic carbocycles.